The van der Waals surface area contributed by atoms with Crippen molar-refractivity contribution in [2.45, 2.75) is 19.6 Å². The summed E-state index contributed by atoms with van der Waals surface area (Å²) < 4.78 is 9.82. The van der Waals surface area contributed by atoms with Crippen LogP contribution in [0.5, 0.6) is 5.75 Å². The number of nitrogens with zero attached hydrogens (tertiary/aromatic N) is 2. The highest BCUT2D eigenvalue weighted by molar-refractivity contribution is 5.85. The monoisotopic (exact) mass is 421 g/mol. The molecule has 0 bridgehead atoms. The van der Waals surface area contributed by atoms with Crippen LogP contribution in [0.2, 0.25) is 0 Å². The molecule has 1 N–H and O–H groups in total. The number of fused-ring (bicyclic) bond motifs is 3. The molecule has 0 amide bonds. The molecule has 0 atom stereocenters. The van der Waals surface area contributed by atoms with E-state index in [4.69, 9.17) is 4.74 Å². The van der Waals surface area contributed by atoms with Crippen LogP contribution in [0.3, 0.4) is 0 Å². The number of benzene rings is 2. The number of halogens is 1. The Morgan fingerprint density at radius 2 is 1.83 bits per heavy atom. The van der Waals surface area contributed by atoms with E-state index < -0.39 is 0 Å². The molecule has 5 rings (SSSR count). The highest BCUT2D eigenvalue weighted by Gasteiger charge is 2.12. The maximum atomic E-state index is 12.7. The van der Waals surface area contributed by atoms with E-state index in [0.29, 0.717) is 12.4 Å². The summed E-state index contributed by atoms with van der Waals surface area (Å²) in [6.07, 6.45) is 2.81. The predicted molar refractivity (Wildman–Crippen MR) is 122 cm³/mol. The minimum atomic E-state index is -0.0973. The second-order valence-electron chi connectivity index (χ2n) is 7.38. The van der Waals surface area contributed by atoms with Gasteiger partial charge in [-0.05, 0) is 35.9 Å². The summed E-state index contributed by atoms with van der Waals surface area (Å²) in [7, 11) is 0. The zero-order valence-electron chi connectivity index (χ0n) is 16.6. The summed E-state index contributed by atoms with van der Waals surface area (Å²) >= 11 is 0. The summed E-state index contributed by atoms with van der Waals surface area (Å²) in [6, 6.07) is 21.8. The Morgan fingerprint density at radius 1 is 0.967 bits per heavy atom. The van der Waals surface area contributed by atoms with Gasteiger partial charge in [0.25, 0.3) is 5.56 Å². The average Bonchev–Trinajstić information content (AvgIpc) is 2.92. The van der Waals surface area contributed by atoms with E-state index in [1.165, 1.54) is 16.6 Å². The predicted octanol–water partition coefficient (Wildman–Crippen LogP) is 3.94. The van der Waals surface area contributed by atoms with Crippen LogP contribution < -0.4 is 15.6 Å². The summed E-state index contributed by atoms with van der Waals surface area (Å²) in [5.41, 5.74) is 4.42. The van der Waals surface area contributed by atoms with Crippen LogP contribution in [0.25, 0.3) is 16.6 Å². The number of nitrogens with one attached hydrogen (secondary N) is 1. The van der Waals surface area contributed by atoms with Crippen molar-refractivity contribution in [1.82, 2.24) is 14.5 Å². The van der Waals surface area contributed by atoms with Crippen LogP contribution in [0.1, 0.15) is 11.3 Å². The van der Waals surface area contributed by atoms with Crippen LogP contribution in [-0.2, 0) is 19.6 Å². The van der Waals surface area contributed by atoms with Gasteiger partial charge in [0.05, 0.1) is 0 Å². The number of hydrogen-bond donors (Lipinski definition) is 1. The summed E-state index contributed by atoms with van der Waals surface area (Å²) in [4.78, 5) is 12.7. The lowest BCUT2D eigenvalue weighted by Gasteiger charge is -2.10. The lowest BCUT2D eigenvalue weighted by molar-refractivity contribution is 0.305. The third-order valence-corrected chi connectivity index (χ3v) is 5.46. The molecule has 2 aromatic carbocycles. The molecule has 0 unspecified atom stereocenters. The lowest BCUT2D eigenvalue weighted by Crippen LogP contribution is -2.17. The molecular formula is C24H24ClN3O2. The van der Waals surface area contributed by atoms with Crippen molar-refractivity contribution < 1.29 is 4.74 Å². The maximum absolute atomic E-state index is 12.7. The molecule has 0 radical (unpaired) electrons. The Morgan fingerprint density at radius 3 is 2.67 bits per heavy atom. The SMILES string of the molecule is Cl.O=c1cc(OCc2ccccc2)ccn1-c1ccc2c(c1)cc1n2CCNCC1. The fraction of sp³-hybridized carbons (Fsp3) is 0.208. The van der Waals surface area contributed by atoms with Gasteiger partial charge in [-0.2, -0.15) is 0 Å². The summed E-state index contributed by atoms with van der Waals surface area (Å²) in [5, 5.41) is 4.61. The van der Waals surface area contributed by atoms with E-state index in [9.17, 15) is 4.79 Å². The van der Waals surface area contributed by atoms with E-state index >= 15 is 0 Å². The van der Waals surface area contributed by atoms with Gasteiger partial charge in [-0.1, -0.05) is 30.3 Å². The summed E-state index contributed by atoms with van der Waals surface area (Å²) in [5.74, 6) is 0.583. The molecule has 0 aliphatic carbocycles. The largest absolute Gasteiger partial charge is 0.489 e. The van der Waals surface area contributed by atoms with E-state index in [0.717, 1.165) is 37.3 Å². The van der Waals surface area contributed by atoms with E-state index in [2.05, 4.69) is 28.1 Å². The topological polar surface area (TPSA) is 48.2 Å². The molecule has 0 spiro atoms. The Bertz CT molecular complexity index is 1210. The van der Waals surface area contributed by atoms with Crippen molar-refractivity contribution in [3.8, 4) is 11.4 Å². The molecule has 0 fully saturated rings. The van der Waals surface area contributed by atoms with Crippen LogP contribution in [-0.4, -0.2) is 22.2 Å². The average molecular weight is 422 g/mol. The Hall–Kier alpha value is -3.02. The highest BCUT2D eigenvalue weighted by atomic mass is 35.5. The first-order chi connectivity index (χ1) is 14.3. The molecule has 3 heterocycles. The molecule has 0 saturated carbocycles. The molecule has 154 valence electrons. The van der Waals surface area contributed by atoms with Crippen molar-refractivity contribution in [1.29, 1.82) is 0 Å². The smallest absolute Gasteiger partial charge is 0.258 e. The van der Waals surface area contributed by atoms with Gasteiger partial charge < -0.3 is 14.6 Å². The fourth-order valence-electron chi connectivity index (χ4n) is 3.97. The molecule has 1 aliphatic rings. The van der Waals surface area contributed by atoms with Crippen molar-refractivity contribution in [3.05, 3.63) is 94.5 Å². The molecule has 2 aromatic heterocycles. The Balaban J connectivity index is 0.00000218. The lowest BCUT2D eigenvalue weighted by atomic mass is 10.2. The molecule has 0 saturated heterocycles. The van der Waals surface area contributed by atoms with E-state index in [1.807, 2.05) is 42.5 Å². The van der Waals surface area contributed by atoms with E-state index in [1.54, 1.807) is 16.8 Å². The minimum Gasteiger partial charge on any atom is -0.489 e. The standard InChI is InChI=1S/C24H23N3O2.ClH/c28-24-16-22(29-17-18-4-2-1-3-5-18)9-12-27(24)20-6-7-23-19(14-20)15-21-8-10-25-11-13-26(21)23;/h1-7,9,12,14-16,25H,8,10-11,13,17H2;1H. The van der Waals surface area contributed by atoms with Gasteiger partial charge in [-0.15, -0.1) is 12.4 Å². The molecule has 5 nitrogen and oxygen atoms in total. The van der Waals surface area contributed by atoms with Crippen LogP contribution in [0.15, 0.2) is 77.7 Å². The molecular weight excluding hydrogens is 398 g/mol. The van der Waals surface area contributed by atoms with Gasteiger partial charge in [0.1, 0.15) is 12.4 Å². The van der Waals surface area contributed by atoms with Gasteiger partial charge >= 0.3 is 0 Å². The van der Waals surface area contributed by atoms with Crippen molar-refractivity contribution >= 4 is 23.3 Å². The van der Waals surface area contributed by atoms with Crippen LogP contribution in [0.4, 0.5) is 0 Å². The van der Waals surface area contributed by atoms with Gasteiger partial charge in [0, 0.05) is 60.6 Å². The third kappa shape index (κ3) is 3.99. The number of ether oxygens (including phenoxy) is 1. The Kier molecular flexibility index (Phi) is 5.93. The first kappa shape index (κ1) is 20.3. The summed E-state index contributed by atoms with van der Waals surface area (Å²) in [6.45, 7) is 3.42. The number of pyridine rings is 1. The molecule has 30 heavy (non-hydrogen) atoms. The van der Waals surface area contributed by atoms with E-state index in [-0.39, 0.29) is 18.0 Å². The molecule has 6 heteroatoms. The van der Waals surface area contributed by atoms with Crippen molar-refractivity contribution in [2.24, 2.45) is 0 Å². The molecule has 4 aromatic rings. The normalized spacial score (nSPS) is 13.3. The zero-order valence-corrected chi connectivity index (χ0v) is 17.4. The maximum Gasteiger partial charge on any atom is 0.258 e. The van der Waals surface area contributed by atoms with Gasteiger partial charge in [-0.3, -0.25) is 9.36 Å². The number of rotatable bonds is 4. The number of hydrogen-bond acceptors (Lipinski definition) is 3. The second kappa shape index (κ2) is 8.78. The second-order valence-corrected chi connectivity index (χ2v) is 7.38. The quantitative estimate of drug-likeness (QED) is 0.543. The first-order valence-corrected chi connectivity index (χ1v) is 10.0. The highest BCUT2D eigenvalue weighted by Crippen LogP contribution is 2.24. The first-order valence-electron chi connectivity index (χ1n) is 10.0. The zero-order chi connectivity index (χ0) is 19.6. The van der Waals surface area contributed by atoms with Crippen LogP contribution >= 0.6 is 12.4 Å². The van der Waals surface area contributed by atoms with Crippen LogP contribution in [0, 0.1) is 0 Å². The van der Waals surface area contributed by atoms with Gasteiger partial charge in [0.15, 0.2) is 0 Å². The number of aromatic nitrogens is 2. The third-order valence-electron chi connectivity index (χ3n) is 5.46. The fourth-order valence-corrected chi connectivity index (χ4v) is 3.97. The van der Waals surface area contributed by atoms with Crippen molar-refractivity contribution in [3.63, 3.8) is 0 Å². The van der Waals surface area contributed by atoms with Gasteiger partial charge in [-0.25, -0.2) is 0 Å². The Labute approximate surface area is 181 Å². The minimum absolute atomic E-state index is 0. The molecule has 1 aliphatic heterocycles. The van der Waals surface area contributed by atoms with Gasteiger partial charge in [0.2, 0.25) is 0 Å². The van der Waals surface area contributed by atoms with Crippen molar-refractivity contribution in [2.75, 3.05) is 13.1 Å².